The second-order valence-electron chi connectivity index (χ2n) is 8.53. The number of carbonyl (C=O) groups is 1. The molecule has 2 aliphatic rings. The predicted molar refractivity (Wildman–Crippen MR) is 121 cm³/mol. The summed E-state index contributed by atoms with van der Waals surface area (Å²) in [5, 5.41) is 0.443. The Bertz CT molecular complexity index is 1070. The number of amides is 1. The van der Waals surface area contributed by atoms with Crippen molar-refractivity contribution in [3.63, 3.8) is 0 Å². The summed E-state index contributed by atoms with van der Waals surface area (Å²) >= 11 is 1.38. The van der Waals surface area contributed by atoms with Crippen LogP contribution in [0.3, 0.4) is 0 Å². The number of anilines is 1. The maximum absolute atomic E-state index is 12.5. The minimum atomic E-state index is -3.10. The van der Waals surface area contributed by atoms with Crippen molar-refractivity contribution in [2.45, 2.75) is 32.1 Å². The van der Waals surface area contributed by atoms with Crippen LogP contribution in [0.5, 0.6) is 11.5 Å². The molecule has 0 saturated carbocycles. The van der Waals surface area contributed by atoms with Gasteiger partial charge in [0.15, 0.2) is 15.0 Å². The molecule has 0 N–H and O–H groups in total. The highest BCUT2D eigenvalue weighted by molar-refractivity contribution is 8.16. The number of carbonyl (C=O) groups excluding carboxylic acids is 1. The third kappa shape index (κ3) is 4.39. The number of hydrogen-bond acceptors (Lipinski definition) is 5. The molecular formula is C22H24N2O4S2. The number of sulfone groups is 1. The number of ether oxygens (including phenoxy) is 1. The Labute approximate surface area is 181 Å². The molecule has 0 bridgehead atoms. The van der Waals surface area contributed by atoms with Gasteiger partial charge in [-0.25, -0.2) is 8.42 Å². The zero-order valence-corrected chi connectivity index (χ0v) is 18.7. The third-order valence-electron chi connectivity index (χ3n) is 5.00. The van der Waals surface area contributed by atoms with Crippen LogP contribution in [0.25, 0.3) is 0 Å². The van der Waals surface area contributed by atoms with E-state index in [0.717, 1.165) is 11.4 Å². The van der Waals surface area contributed by atoms with E-state index in [4.69, 9.17) is 4.74 Å². The SMILES string of the molecule is CC(C)(C)C(=O)N=C1SC2CS(=O)(=O)CC2N1c1ccc(Oc2ccccc2)cc1. The average Bonchev–Trinajstić information content (AvgIpc) is 3.13. The first-order chi connectivity index (χ1) is 14.1. The zero-order chi connectivity index (χ0) is 21.5. The summed E-state index contributed by atoms with van der Waals surface area (Å²) < 4.78 is 30.2. The summed E-state index contributed by atoms with van der Waals surface area (Å²) in [4.78, 5) is 18.8. The van der Waals surface area contributed by atoms with Crippen LogP contribution in [-0.4, -0.2) is 42.3 Å². The number of amidine groups is 1. The van der Waals surface area contributed by atoms with Gasteiger partial charge in [0.25, 0.3) is 5.91 Å². The summed E-state index contributed by atoms with van der Waals surface area (Å²) in [7, 11) is -3.10. The van der Waals surface area contributed by atoms with Crippen LogP contribution in [0, 0.1) is 5.41 Å². The highest BCUT2D eigenvalue weighted by Gasteiger charge is 2.49. The monoisotopic (exact) mass is 444 g/mol. The van der Waals surface area contributed by atoms with Gasteiger partial charge in [-0.15, -0.1) is 0 Å². The molecule has 0 aromatic heterocycles. The minimum Gasteiger partial charge on any atom is -0.457 e. The molecular weight excluding hydrogens is 420 g/mol. The van der Waals surface area contributed by atoms with E-state index in [0.29, 0.717) is 10.9 Å². The first kappa shape index (κ1) is 20.9. The Morgan fingerprint density at radius 1 is 1.03 bits per heavy atom. The molecule has 2 fully saturated rings. The Kier molecular flexibility index (Phi) is 5.40. The quantitative estimate of drug-likeness (QED) is 0.709. The van der Waals surface area contributed by atoms with Gasteiger partial charge in [0.2, 0.25) is 0 Å². The van der Waals surface area contributed by atoms with Gasteiger partial charge in [0.1, 0.15) is 11.5 Å². The summed E-state index contributed by atoms with van der Waals surface area (Å²) in [6.07, 6.45) is 0. The van der Waals surface area contributed by atoms with E-state index in [1.165, 1.54) is 11.8 Å². The lowest BCUT2D eigenvalue weighted by Crippen LogP contribution is -2.38. The standard InChI is InChI=1S/C22H24N2O4S2/c1-22(2,3)20(25)23-21-24(18-13-30(26,27)14-19(18)29-21)15-9-11-17(12-10-15)28-16-7-5-4-6-8-16/h4-12,18-19H,13-14H2,1-3H3. The molecule has 2 aromatic carbocycles. The van der Waals surface area contributed by atoms with E-state index in [1.54, 1.807) is 0 Å². The van der Waals surface area contributed by atoms with Crippen LogP contribution >= 0.6 is 11.8 Å². The van der Waals surface area contributed by atoms with Crippen LogP contribution in [0.1, 0.15) is 20.8 Å². The van der Waals surface area contributed by atoms with E-state index in [1.807, 2.05) is 80.3 Å². The number of fused-ring (bicyclic) bond motifs is 1. The molecule has 2 saturated heterocycles. The van der Waals surface area contributed by atoms with Gasteiger partial charge in [-0.3, -0.25) is 4.79 Å². The Morgan fingerprint density at radius 2 is 1.67 bits per heavy atom. The number of para-hydroxylation sites is 1. The first-order valence-electron chi connectivity index (χ1n) is 9.75. The number of nitrogens with zero attached hydrogens (tertiary/aromatic N) is 2. The molecule has 2 atom stereocenters. The molecule has 2 heterocycles. The molecule has 30 heavy (non-hydrogen) atoms. The van der Waals surface area contributed by atoms with E-state index in [-0.39, 0.29) is 28.7 Å². The molecule has 8 heteroatoms. The molecule has 0 radical (unpaired) electrons. The van der Waals surface area contributed by atoms with Crippen molar-refractivity contribution in [3.8, 4) is 11.5 Å². The van der Waals surface area contributed by atoms with Crippen molar-refractivity contribution in [2.75, 3.05) is 16.4 Å². The average molecular weight is 445 g/mol. The molecule has 0 spiro atoms. The smallest absolute Gasteiger partial charge is 0.253 e. The van der Waals surface area contributed by atoms with E-state index in [9.17, 15) is 13.2 Å². The van der Waals surface area contributed by atoms with Crippen molar-refractivity contribution in [3.05, 3.63) is 54.6 Å². The van der Waals surface area contributed by atoms with Crippen LogP contribution in [0.2, 0.25) is 0 Å². The van der Waals surface area contributed by atoms with E-state index >= 15 is 0 Å². The van der Waals surface area contributed by atoms with E-state index < -0.39 is 15.3 Å². The van der Waals surface area contributed by atoms with Gasteiger partial charge < -0.3 is 9.64 Å². The normalized spacial score (nSPS) is 24.1. The molecule has 2 unspecified atom stereocenters. The summed E-state index contributed by atoms with van der Waals surface area (Å²) in [6.45, 7) is 5.47. The molecule has 2 aliphatic heterocycles. The number of hydrogen-bond donors (Lipinski definition) is 0. The molecule has 1 amide bonds. The fourth-order valence-corrected chi connectivity index (χ4v) is 7.33. The lowest BCUT2D eigenvalue weighted by atomic mass is 9.96. The number of benzene rings is 2. The Balaban J connectivity index is 1.64. The van der Waals surface area contributed by atoms with Crippen LogP contribution in [-0.2, 0) is 14.6 Å². The molecule has 0 aliphatic carbocycles. The number of aliphatic imine (C=N–C) groups is 1. The van der Waals surface area contributed by atoms with Gasteiger partial charge in [-0.1, -0.05) is 50.7 Å². The Hall–Kier alpha value is -2.32. The molecule has 158 valence electrons. The van der Waals surface area contributed by atoms with Gasteiger partial charge >= 0.3 is 0 Å². The fraction of sp³-hybridized carbons (Fsp3) is 0.364. The highest BCUT2D eigenvalue weighted by Crippen LogP contribution is 2.41. The van der Waals surface area contributed by atoms with Gasteiger partial charge in [-0.2, -0.15) is 4.99 Å². The topological polar surface area (TPSA) is 76.0 Å². The van der Waals surface area contributed by atoms with E-state index in [2.05, 4.69) is 4.99 Å². The highest BCUT2D eigenvalue weighted by atomic mass is 32.2. The summed E-state index contributed by atoms with van der Waals surface area (Å²) in [5.41, 5.74) is 0.198. The van der Waals surface area contributed by atoms with Crippen LogP contribution in [0.15, 0.2) is 59.6 Å². The van der Waals surface area contributed by atoms with Gasteiger partial charge in [0.05, 0.1) is 17.5 Å². The minimum absolute atomic E-state index is 0.0651. The fourth-order valence-electron chi connectivity index (χ4n) is 3.42. The molecule has 2 aromatic rings. The second-order valence-corrected chi connectivity index (χ2v) is 11.9. The first-order valence-corrected chi connectivity index (χ1v) is 12.4. The van der Waals surface area contributed by atoms with Gasteiger partial charge in [-0.05, 0) is 36.4 Å². The van der Waals surface area contributed by atoms with Crippen LogP contribution in [0.4, 0.5) is 5.69 Å². The lowest BCUT2D eigenvalue weighted by molar-refractivity contribution is -0.124. The Morgan fingerprint density at radius 3 is 2.30 bits per heavy atom. The summed E-state index contributed by atoms with van der Waals surface area (Å²) in [6, 6.07) is 16.7. The van der Waals surface area contributed by atoms with Crippen molar-refractivity contribution in [1.29, 1.82) is 0 Å². The van der Waals surface area contributed by atoms with Crippen LogP contribution < -0.4 is 9.64 Å². The van der Waals surface area contributed by atoms with Crippen molar-refractivity contribution in [1.82, 2.24) is 0 Å². The maximum Gasteiger partial charge on any atom is 0.253 e. The zero-order valence-electron chi connectivity index (χ0n) is 17.1. The maximum atomic E-state index is 12.5. The second kappa shape index (κ2) is 7.74. The predicted octanol–water partition coefficient (Wildman–Crippen LogP) is 4.13. The number of thioether (sulfide) groups is 1. The third-order valence-corrected chi connectivity index (χ3v) is 8.21. The lowest BCUT2D eigenvalue weighted by Gasteiger charge is -2.25. The number of rotatable bonds is 3. The van der Waals surface area contributed by atoms with Crippen molar-refractivity contribution < 1.29 is 17.9 Å². The van der Waals surface area contributed by atoms with Crippen molar-refractivity contribution in [2.24, 2.45) is 10.4 Å². The molecule has 6 nitrogen and oxygen atoms in total. The largest absolute Gasteiger partial charge is 0.457 e. The van der Waals surface area contributed by atoms with Gasteiger partial charge in [0, 0.05) is 16.4 Å². The molecule has 4 rings (SSSR count). The van der Waals surface area contributed by atoms with Crippen molar-refractivity contribution >= 4 is 38.4 Å². The summed E-state index contributed by atoms with van der Waals surface area (Å²) in [5.74, 6) is 1.37.